The molecule has 23 nitrogen and oxygen atoms in total. The lowest BCUT2D eigenvalue weighted by Gasteiger charge is -2.28. The van der Waals surface area contributed by atoms with Gasteiger partial charge >= 0.3 is 0 Å². The lowest BCUT2D eigenvalue weighted by Crippen LogP contribution is -2.60. The fourth-order valence-electron chi connectivity index (χ4n) is 8.62. The van der Waals surface area contributed by atoms with Crippen LogP contribution in [0.4, 0.5) is 0 Å². The minimum Gasteiger partial charge on any atom is -0.370 e. The van der Waals surface area contributed by atoms with E-state index in [1.54, 1.807) is 30.3 Å². The van der Waals surface area contributed by atoms with Gasteiger partial charge in [-0.2, -0.15) is 0 Å². The van der Waals surface area contributed by atoms with Gasteiger partial charge in [0.15, 0.2) is 17.9 Å². The molecule has 0 spiro atoms. The van der Waals surface area contributed by atoms with Crippen molar-refractivity contribution < 1.29 is 33.6 Å². The van der Waals surface area contributed by atoms with Crippen LogP contribution in [0.1, 0.15) is 62.1 Å². The Morgan fingerprint density at radius 3 is 1.08 bits per heavy atom. The molecule has 5 aromatic carbocycles. The third-order valence-corrected chi connectivity index (χ3v) is 12.5. The number of carbonyl (C=O) groups excluding carboxylic acids is 7. The number of hydrogen-bond acceptors (Lipinski definition) is 10. The van der Waals surface area contributed by atoms with E-state index in [1.165, 1.54) is 6.92 Å². The highest BCUT2D eigenvalue weighted by Crippen LogP contribution is 2.20. The van der Waals surface area contributed by atoms with Gasteiger partial charge in [0, 0.05) is 45.8 Å². The Labute approximate surface area is 452 Å². The second kappa shape index (κ2) is 30.3. The lowest BCUT2D eigenvalue weighted by atomic mass is 9.98. The second-order valence-corrected chi connectivity index (χ2v) is 18.8. The van der Waals surface area contributed by atoms with Gasteiger partial charge < -0.3 is 72.0 Å². The van der Waals surface area contributed by atoms with E-state index in [-0.39, 0.29) is 88.9 Å². The quantitative estimate of drug-likeness (QED) is 0.0158. The van der Waals surface area contributed by atoms with Crippen LogP contribution in [-0.2, 0) is 52.8 Å². The first kappa shape index (κ1) is 59.6. The normalized spacial score (nSPS) is 13.2. The molecule has 23 heteroatoms. The van der Waals surface area contributed by atoms with E-state index in [1.807, 2.05) is 84.9 Å². The number of nitrogens with one attached hydrogen (secondary N) is 6. The number of rotatable bonds is 30. The van der Waals surface area contributed by atoms with Crippen molar-refractivity contribution in [3.63, 3.8) is 0 Å². The number of guanidine groups is 3. The summed E-state index contributed by atoms with van der Waals surface area (Å²) in [6.45, 7) is 1.66. The molecular formula is C55H72N16O7. The van der Waals surface area contributed by atoms with Gasteiger partial charge in [0.05, 0.1) is 0 Å². The fraction of sp³-hybridized carbons (Fsp3) is 0.345. The molecule has 0 bridgehead atoms. The number of benzene rings is 5. The van der Waals surface area contributed by atoms with Crippen LogP contribution in [-0.4, -0.2) is 115 Å². The molecule has 0 saturated heterocycles. The van der Waals surface area contributed by atoms with Gasteiger partial charge in [0.2, 0.25) is 41.4 Å². The fourth-order valence-corrected chi connectivity index (χ4v) is 8.62. The van der Waals surface area contributed by atoms with E-state index in [0.29, 0.717) is 23.1 Å². The number of fused-ring (bicyclic) bond motifs is 2. The van der Waals surface area contributed by atoms with E-state index < -0.39 is 77.6 Å². The molecule has 0 radical (unpaired) electrons. The molecular weight excluding hydrogens is 997 g/mol. The van der Waals surface area contributed by atoms with Crippen molar-refractivity contribution in [3.8, 4) is 0 Å². The molecule has 5 rings (SSSR count). The molecule has 0 aliphatic carbocycles. The van der Waals surface area contributed by atoms with E-state index in [0.717, 1.165) is 21.5 Å². The van der Waals surface area contributed by atoms with E-state index in [2.05, 4.69) is 46.9 Å². The summed E-state index contributed by atoms with van der Waals surface area (Å²) in [5.74, 6) is -5.53. The number of carbonyl (C=O) groups is 7. The van der Waals surface area contributed by atoms with Crippen LogP contribution in [0.5, 0.6) is 0 Å². The van der Waals surface area contributed by atoms with Crippen LogP contribution in [0.2, 0.25) is 0 Å². The Kier molecular flexibility index (Phi) is 23.2. The zero-order valence-electron chi connectivity index (χ0n) is 43.7. The molecule has 6 atom stereocenters. The molecule has 414 valence electrons. The van der Waals surface area contributed by atoms with Crippen molar-refractivity contribution in [1.82, 2.24) is 31.9 Å². The smallest absolute Gasteiger partial charge is 0.243 e. The third-order valence-electron chi connectivity index (χ3n) is 12.5. The average molecular weight is 1070 g/mol. The first-order valence-electron chi connectivity index (χ1n) is 25.6. The SMILES string of the molecule is CC(=O)N[C@@H](CCCN=C(N)N)C(=O)N[C@@H](Cc1ccc2ccccc2c1)C(=O)N[C@@H](Cc1ccc2ccccc2c1)C(=O)N[C@@H](CCCN=C(N)N)C(=O)N[C@@H](Cc1ccccc1)C(=O)N[C@@H](CCCN=C(N)N)C(N)=O. The van der Waals surface area contributed by atoms with Crippen molar-refractivity contribution in [1.29, 1.82) is 0 Å². The molecule has 78 heavy (non-hydrogen) atoms. The molecule has 5 aromatic rings. The van der Waals surface area contributed by atoms with Gasteiger partial charge in [0.25, 0.3) is 0 Å². The first-order valence-corrected chi connectivity index (χ1v) is 25.6. The first-order chi connectivity index (χ1) is 37.3. The maximum absolute atomic E-state index is 15.0. The van der Waals surface area contributed by atoms with Gasteiger partial charge in [-0.1, -0.05) is 115 Å². The molecule has 0 unspecified atom stereocenters. The molecule has 0 aromatic heterocycles. The summed E-state index contributed by atoms with van der Waals surface area (Å²) in [7, 11) is 0. The number of hydrogen-bond donors (Lipinski definition) is 13. The Bertz CT molecular complexity index is 2960. The van der Waals surface area contributed by atoms with Crippen LogP contribution >= 0.6 is 0 Å². The van der Waals surface area contributed by atoms with Crippen LogP contribution in [0.25, 0.3) is 21.5 Å². The Balaban J connectivity index is 1.50. The summed E-state index contributed by atoms with van der Waals surface area (Å²) < 4.78 is 0. The number of nitrogens with two attached hydrogens (primary N) is 7. The predicted octanol–water partition coefficient (Wildman–Crippen LogP) is -0.404. The molecule has 0 aliphatic heterocycles. The summed E-state index contributed by atoms with van der Waals surface area (Å²) in [4.78, 5) is 110. The van der Waals surface area contributed by atoms with Crippen LogP contribution in [0.3, 0.4) is 0 Å². The summed E-state index contributed by atoms with van der Waals surface area (Å²) in [6, 6.07) is 27.6. The maximum atomic E-state index is 15.0. The minimum atomic E-state index is -1.38. The standard InChI is InChI=1S/C55H72N16O7/c1-33(72)66-42(19-10-26-64-54(59)60)48(74)70-46(32-36-22-24-38-15-6-8-17-40(38)29-36)52(78)71-45(31-35-21-23-37-14-5-7-16-39(37)28-35)51(77)68-43(20-11-27-65-55(61)62)49(75)69-44(30-34-12-3-2-4-13-34)50(76)67-41(47(56)73)18-9-25-63-53(57)58/h2-8,12-17,21-24,28-29,41-46H,9-11,18-20,25-27,30-32H2,1H3,(H2,56,73)(H,66,72)(H,67,76)(H,68,77)(H,69,75)(H,70,74)(H,71,78)(H4,57,58,63)(H4,59,60,64)(H4,61,62,65)/t41-,42-,43-,44-,45-,46-/m0/s1. The van der Waals surface area contributed by atoms with Crippen molar-refractivity contribution >= 4 is 80.8 Å². The highest BCUT2D eigenvalue weighted by molar-refractivity contribution is 5.97. The zero-order chi connectivity index (χ0) is 56.6. The Morgan fingerprint density at radius 1 is 0.372 bits per heavy atom. The number of amides is 7. The number of primary amides is 1. The maximum Gasteiger partial charge on any atom is 0.243 e. The monoisotopic (exact) mass is 1070 g/mol. The van der Waals surface area contributed by atoms with Crippen LogP contribution < -0.4 is 72.0 Å². The Morgan fingerprint density at radius 2 is 0.692 bits per heavy atom. The van der Waals surface area contributed by atoms with Crippen molar-refractivity contribution in [2.45, 2.75) is 101 Å². The summed E-state index contributed by atoms with van der Waals surface area (Å²) in [5.41, 5.74) is 40.8. The van der Waals surface area contributed by atoms with E-state index >= 15 is 0 Å². The highest BCUT2D eigenvalue weighted by Gasteiger charge is 2.34. The lowest BCUT2D eigenvalue weighted by molar-refractivity contribution is -0.135. The molecule has 0 heterocycles. The Hall–Kier alpha value is -9.28. The number of nitrogens with zero attached hydrogens (tertiary/aromatic N) is 3. The minimum absolute atomic E-state index is 0.0312. The molecule has 0 saturated carbocycles. The van der Waals surface area contributed by atoms with Gasteiger partial charge in [-0.15, -0.1) is 0 Å². The molecule has 7 amide bonds. The third kappa shape index (κ3) is 20.1. The van der Waals surface area contributed by atoms with Crippen molar-refractivity contribution in [2.75, 3.05) is 19.6 Å². The van der Waals surface area contributed by atoms with Crippen molar-refractivity contribution in [2.24, 2.45) is 55.1 Å². The summed E-state index contributed by atoms with van der Waals surface area (Å²) >= 11 is 0. The topological polar surface area (TPSA) is 411 Å². The summed E-state index contributed by atoms with van der Waals surface area (Å²) in [6.07, 6.45) is 0.767. The van der Waals surface area contributed by atoms with Gasteiger partial charge in [0.1, 0.15) is 36.3 Å². The van der Waals surface area contributed by atoms with Crippen LogP contribution in [0.15, 0.2) is 130 Å². The molecule has 0 aliphatic rings. The molecule has 20 N–H and O–H groups in total. The predicted molar refractivity (Wildman–Crippen MR) is 302 cm³/mol. The van der Waals surface area contributed by atoms with Gasteiger partial charge in [-0.05, 0) is 76.8 Å². The average Bonchev–Trinajstić information content (AvgIpc) is 3.41. The summed E-state index contributed by atoms with van der Waals surface area (Å²) in [5, 5.41) is 20.2. The highest BCUT2D eigenvalue weighted by atomic mass is 16.2. The zero-order valence-corrected chi connectivity index (χ0v) is 43.7. The van der Waals surface area contributed by atoms with Gasteiger partial charge in [-0.3, -0.25) is 48.5 Å². The number of aliphatic imine (C=N–C) groups is 3. The second-order valence-electron chi connectivity index (χ2n) is 18.8. The largest absolute Gasteiger partial charge is 0.370 e. The van der Waals surface area contributed by atoms with E-state index in [4.69, 9.17) is 40.1 Å². The van der Waals surface area contributed by atoms with E-state index in [9.17, 15) is 33.6 Å². The van der Waals surface area contributed by atoms with Gasteiger partial charge in [-0.25, -0.2) is 0 Å². The van der Waals surface area contributed by atoms with Crippen LogP contribution in [0, 0.1) is 0 Å². The van der Waals surface area contributed by atoms with Crippen molar-refractivity contribution in [3.05, 3.63) is 132 Å². The molecule has 0 fully saturated rings.